The fourth-order valence-electron chi connectivity index (χ4n) is 3.86. The van der Waals surface area contributed by atoms with Gasteiger partial charge in [-0.2, -0.15) is 0 Å². The summed E-state index contributed by atoms with van der Waals surface area (Å²) in [6, 6.07) is 12.7. The summed E-state index contributed by atoms with van der Waals surface area (Å²) in [4.78, 5) is 21.6. The summed E-state index contributed by atoms with van der Waals surface area (Å²) in [6.07, 6.45) is 3.39. The van der Waals surface area contributed by atoms with E-state index in [1.165, 1.54) is 11.1 Å². The van der Waals surface area contributed by atoms with E-state index in [-0.39, 0.29) is 5.91 Å². The lowest BCUT2D eigenvalue weighted by molar-refractivity contribution is 0.0581. The molecule has 1 saturated heterocycles. The number of amides is 1. The molecule has 3 heterocycles. The average molecular weight is 390 g/mol. The largest absolute Gasteiger partial charge is 0.360 e. The van der Waals surface area contributed by atoms with E-state index in [4.69, 9.17) is 4.52 Å². The third-order valence-corrected chi connectivity index (χ3v) is 5.74. The molecule has 1 fully saturated rings. The highest BCUT2D eigenvalue weighted by molar-refractivity contribution is 6.00. The molecule has 3 aromatic rings. The van der Waals surface area contributed by atoms with Crippen LogP contribution >= 0.6 is 0 Å². The minimum Gasteiger partial charge on any atom is -0.360 e. The quantitative estimate of drug-likeness (QED) is 0.677. The van der Waals surface area contributed by atoms with Gasteiger partial charge in [-0.25, -0.2) is 0 Å². The van der Waals surface area contributed by atoms with Crippen LogP contribution in [0.15, 0.2) is 53.3 Å². The van der Waals surface area contributed by atoms with Crippen molar-refractivity contribution >= 4 is 5.91 Å². The Kier molecular flexibility index (Phi) is 5.45. The Bertz CT molecular complexity index is 974. The van der Waals surface area contributed by atoms with Gasteiger partial charge >= 0.3 is 0 Å². The average Bonchev–Trinajstić information content (AvgIpc) is 3.15. The summed E-state index contributed by atoms with van der Waals surface area (Å²) in [7, 11) is 0. The topological polar surface area (TPSA) is 62.5 Å². The van der Waals surface area contributed by atoms with E-state index >= 15 is 0 Å². The van der Waals surface area contributed by atoms with Crippen molar-refractivity contribution in [1.82, 2.24) is 19.9 Å². The number of carbonyl (C=O) groups is 1. The maximum atomic E-state index is 13.3. The van der Waals surface area contributed by atoms with Gasteiger partial charge in [0.25, 0.3) is 5.91 Å². The van der Waals surface area contributed by atoms with Gasteiger partial charge in [0.1, 0.15) is 17.0 Å². The number of pyridine rings is 1. The molecule has 150 valence electrons. The van der Waals surface area contributed by atoms with E-state index in [1.807, 2.05) is 17.0 Å². The standard InChI is InChI=1S/C23H26N4O2/c1-16-4-6-19(7-5-16)17(2)26-12-14-27(15-13-26)23(28)21-18(3)29-25-22(21)20-8-10-24-11-9-20/h4-11,17H,12-15H2,1-3H3/t17-/m1/s1. The normalized spacial score (nSPS) is 16.0. The van der Waals surface area contributed by atoms with Crippen molar-refractivity contribution in [2.45, 2.75) is 26.8 Å². The lowest BCUT2D eigenvalue weighted by atomic mass is 10.0. The molecule has 0 spiro atoms. The molecule has 6 heteroatoms. The zero-order chi connectivity index (χ0) is 20.4. The first-order valence-electron chi connectivity index (χ1n) is 10.0. The van der Waals surface area contributed by atoms with Crippen molar-refractivity contribution < 1.29 is 9.32 Å². The van der Waals surface area contributed by atoms with Crippen LogP contribution in [-0.2, 0) is 0 Å². The SMILES string of the molecule is Cc1ccc([C@@H](C)N2CCN(C(=O)c3c(-c4ccncc4)noc3C)CC2)cc1. The van der Waals surface area contributed by atoms with Gasteiger partial charge in [-0.1, -0.05) is 35.0 Å². The lowest BCUT2D eigenvalue weighted by Gasteiger charge is -2.38. The van der Waals surface area contributed by atoms with Crippen LogP contribution in [0.5, 0.6) is 0 Å². The third-order valence-electron chi connectivity index (χ3n) is 5.74. The second-order valence-corrected chi connectivity index (χ2v) is 7.61. The molecule has 4 rings (SSSR count). The Balaban J connectivity index is 1.46. The molecule has 0 N–H and O–H groups in total. The number of carbonyl (C=O) groups excluding carboxylic acids is 1. The minimum atomic E-state index is -0.0156. The zero-order valence-electron chi connectivity index (χ0n) is 17.1. The van der Waals surface area contributed by atoms with Gasteiger partial charge in [-0.05, 0) is 38.5 Å². The van der Waals surface area contributed by atoms with Crippen LogP contribution in [0.1, 0.15) is 40.2 Å². The number of nitrogens with zero attached hydrogens (tertiary/aromatic N) is 4. The molecule has 0 saturated carbocycles. The molecule has 1 aromatic carbocycles. The molecular formula is C23H26N4O2. The summed E-state index contributed by atoms with van der Waals surface area (Å²) in [5.41, 5.74) is 4.56. The van der Waals surface area contributed by atoms with Crippen molar-refractivity contribution in [3.8, 4) is 11.3 Å². The van der Waals surface area contributed by atoms with Gasteiger partial charge < -0.3 is 9.42 Å². The molecule has 2 aromatic heterocycles. The van der Waals surface area contributed by atoms with Crippen molar-refractivity contribution in [2.75, 3.05) is 26.2 Å². The molecule has 29 heavy (non-hydrogen) atoms. The van der Waals surface area contributed by atoms with Gasteiger partial charge in [0, 0.05) is 50.2 Å². The first-order chi connectivity index (χ1) is 14.0. The van der Waals surface area contributed by atoms with Gasteiger partial charge in [-0.3, -0.25) is 14.7 Å². The smallest absolute Gasteiger partial charge is 0.259 e. The predicted molar refractivity (Wildman–Crippen MR) is 112 cm³/mol. The van der Waals surface area contributed by atoms with Crippen molar-refractivity contribution in [3.05, 3.63) is 71.2 Å². The number of hydrogen-bond donors (Lipinski definition) is 0. The van der Waals surface area contributed by atoms with Crippen LogP contribution in [0.4, 0.5) is 0 Å². The molecule has 0 unspecified atom stereocenters. The number of aromatic nitrogens is 2. The maximum absolute atomic E-state index is 13.3. The Morgan fingerprint density at radius 3 is 2.31 bits per heavy atom. The summed E-state index contributed by atoms with van der Waals surface area (Å²) in [5.74, 6) is 0.537. The van der Waals surface area contributed by atoms with E-state index in [2.05, 4.69) is 53.2 Å². The summed E-state index contributed by atoms with van der Waals surface area (Å²) in [6.45, 7) is 9.19. The van der Waals surface area contributed by atoms with Gasteiger partial charge in [0.15, 0.2) is 0 Å². The van der Waals surface area contributed by atoms with Gasteiger partial charge in [0.05, 0.1) is 0 Å². The summed E-state index contributed by atoms with van der Waals surface area (Å²) >= 11 is 0. The Morgan fingerprint density at radius 2 is 1.66 bits per heavy atom. The van der Waals surface area contributed by atoms with Gasteiger partial charge in [-0.15, -0.1) is 0 Å². The second-order valence-electron chi connectivity index (χ2n) is 7.61. The maximum Gasteiger partial charge on any atom is 0.259 e. The van der Waals surface area contributed by atoms with E-state index in [0.29, 0.717) is 36.1 Å². The molecule has 1 aliphatic rings. The third kappa shape index (κ3) is 3.93. The number of benzene rings is 1. The zero-order valence-corrected chi connectivity index (χ0v) is 17.1. The number of aryl methyl sites for hydroxylation is 2. The number of piperazine rings is 1. The van der Waals surface area contributed by atoms with Gasteiger partial charge in [0.2, 0.25) is 0 Å². The predicted octanol–water partition coefficient (Wildman–Crippen LogP) is 3.87. The fourth-order valence-corrected chi connectivity index (χ4v) is 3.86. The first-order valence-corrected chi connectivity index (χ1v) is 10.0. The highest BCUT2D eigenvalue weighted by Gasteiger charge is 2.30. The molecular weight excluding hydrogens is 364 g/mol. The van der Waals surface area contributed by atoms with Crippen molar-refractivity contribution in [1.29, 1.82) is 0 Å². The number of rotatable bonds is 4. The van der Waals surface area contributed by atoms with Crippen LogP contribution in [0.2, 0.25) is 0 Å². The Morgan fingerprint density at radius 1 is 1.00 bits per heavy atom. The van der Waals surface area contributed by atoms with E-state index in [9.17, 15) is 4.79 Å². The first kappa shape index (κ1) is 19.3. The van der Waals surface area contributed by atoms with Crippen LogP contribution in [0.3, 0.4) is 0 Å². The lowest BCUT2D eigenvalue weighted by Crippen LogP contribution is -2.49. The van der Waals surface area contributed by atoms with Crippen LogP contribution < -0.4 is 0 Å². The van der Waals surface area contributed by atoms with Crippen LogP contribution in [-0.4, -0.2) is 52.0 Å². The monoisotopic (exact) mass is 390 g/mol. The van der Waals surface area contributed by atoms with E-state index in [0.717, 1.165) is 18.7 Å². The van der Waals surface area contributed by atoms with Crippen molar-refractivity contribution in [3.63, 3.8) is 0 Å². The minimum absolute atomic E-state index is 0.0156. The fraction of sp³-hybridized carbons (Fsp3) is 0.348. The van der Waals surface area contributed by atoms with Crippen LogP contribution in [0, 0.1) is 13.8 Å². The Labute approximate surface area is 171 Å². The Hall–Kier alpha value is -2.99. The van der Waals surface area contributed by atoms with E-state index < -0.39 is 0 Å². The summed E-state index contributed by atoms with van der Waals surface area (Å²) in [5, 5.41) is 4.13. The summed E-state index contributed by atoms with van der Waals surface area (Å²) < 4.78 is 5.36. The molecule has 6 nitrogen and oxygen atoms in total. The second kappa shape index (κ2) is 8.17. The highest BCUT2D eigenvalue weighted by Crippen LogP contribution is 2.27. The van der Waals surface area contributed by atoms with Crippen LogP contribution in [0.25, 0.3) is 11.3 Å². The highest BCUT2D eigenvalue weighted by atomic mass is 16.5. The molecule has 0 bridgehead atoms. The van der Waals surface area contributed by atoms with Crippen molar-refractivity contribution in [2.24, 2.45) is 0 Å². The molecule has 0 aliphatic carbocycles. The molecule has 1 atom stereocenters. The van der Waals surface area contributed by atoms with E-state index in [1.54, 1.807) is 19.3 Å². The number of hydrogen-bond acceptors (Lipinski definition) is 5. The molecule has 1 aliphatic heterocycles. The molecule has 1 amide bonds. The molecule has 0 radical (unpaired) electrons.